The van der Waals surface area contributed by atoms with Crippen molar-refractivity contribution < 1.29 is 4.74 Å². The van der Waals surface area contributed by atoms with Gasteiger partial charge in [0.1, 0.15) is 5.75 Å². The fourth-order valence-electron chi connectivity index (χ4n) is 1.57. The molecule has 0 aliphatic carbocycles. The minimum absolute atomic E-state index is 0.506. The van der Waals surface area contributed by atoms with Gasteiger partial charge < -0.3 is 4.74 Å². The van der Waals surface area contributed by atoms with Crippen molar-refractivity contribution in [3.63, 3.8) is 0 Å². The molecule has 0 N–H and O–H groups in total. The van der Waals surface area contributed by atoms with E-state index in [0.717, 1.165) is 16.9 Å². The predicted molar refractivity (Wildman–Crippen MR) is 73.5 cm³/mol. The van der Waals surface area contributed by atoms with Crippen molar-refractivity contribution in [1.82, 2.24) is 0 Å². The van der Waals surface area contributed by atoms with Crippen LogP contribution in [0.15, 0.2) is 36.4 Å². The maximum atomic E-state index is 5.99. The summed E-state index contributed by atoms with van der Waals surface area (Å²) < 4.78 is 5.29. The highest BCUT2D eigenvalue weighted by Gasteiger charge is 2.08. The van der Waals surface area contributed by atoms with Crippen LogP contribution >= 0.6 is 34.8 Å². The fourth-order valence-corrected chi connectivity index (χ4v) is 2.04. The zero-order valence-corrected chi connectivity index (χ0v) is 11.3. The van der Waals surface area contributed by atoms with Crippen molar-refractivity contribution in [3.8, 4) is 16.9 Å². The molecule has 0 atom stereocenters. The lowest BCUT2D eigenvalue weighted by atomic mass is 10.0. The van der Waals surface area contributed by atoms with Crippen molar-refractivity contribution in [1.29, 1.82) is 0 Å². The van der Waals surface area contributed by atoms with Gasteiger partial charge >= 0.3 is 0 Å². The molecule has 0 heterocycles. The quantitative estimate of drug-likeness (QED) is 0.726. The Bertz CT molecular complexity index is 552. The van der Waals surface area contributed by atoms with Crippen LogP contribution < -0.4 is 4.74 Å². The van der Waals surface area contributed by atoms with E-state index in [1.54, 1.807) is 25.3 Å². The van der Waals surface area contributed by atoms with E-state index in [2.05, 4.69) is 0 Å². The highest BCUT2D eigenvalue weighted by atomic mass is 35.5. The van der Waals surface area contributed by atoms with Crippen molar-refractivity contribution in [2.75, 3.05) is 7.11 Å². The molecule has 0 aliphatic rings. The Kier molecular flexibility index (Phi) is 3.82. The first-order chi connectivity index (χ1) is 8.11. The third-order valence-corrected chi connectivity index (χ3v) is 3.37. The lowest BCUT2D eigenvalue weighted by molar-refractivity contribution is 0.416. The Labute approximate surface area is 115 Å². The topological polar surface area (TPSA) is 9.23 Å². The molecule has 88 valence electrons. The van der Waals surface area contributed by atoms with Crippen molar-refractivity contribution >= 4 is 34.8 Å². The van der Waals surface area contributed by atoms with Gasteiger partial charge in [-0.25, -0.2) is 0 Å². The maximum absolute atomic E-state index is 5.99. The molecule has 2 aromatic carbocycles. The largest absolute Gasteiger partial charge is 0.496 e. The summed E-state index contributed by atoms with van der Waals surface area (Å²) in [4.78, 5) is 0. The summed E-state index contributed by atoms with van der Waals surface area (Å²) in [6.07, 6.45) is 0. The first-order valence-corrected chi connectivity index (χ1v) is 6.04. The zero-order chi connectivity index (χ0) is 12.4. The summed E-state index contributed by atoms with van der Waals surface area (Å²) in [5.41, 5.74) is 1.80. The molecule has 17 heavy (non-hydrogen) atoms. The molecular weight excluding hydrogens is 279 g/mol. The highest BCUT2D eigenvalue weighted by molar-refractivity contribution is 6.42. The monoisotopic (exact) mass is 286 g/mol. The van der Waals surface area contributed by atoms with Crippen LogP contribution in [0.4, 0.5) is 0 Å². The second kappa shape index (κ2) is 5.18. The first-order valence-electron chi connectivity index (χ1n) is 4.91. The van der Waals surface area contributed by atoms with Gasteiger partial charge in [0.2, 0.25) is 0 Å². The van der Waals surface area contributed by atoms with Gasteiger partial charge in [-0.15, -0.1) is 0 Å². The summed E-state index contributed by atoms with van der Waals surface area (Å²) in [5.74, 6) is 0.743. The van der Waals surface area contributed by atoms with E-state index in [9.17, 15) is 0 Å². The van der Waals surface area contributed by atoms with Crippen LogP contribution in [0.1, 0.15) is 0 Å². The van der Waals surface area contributed by atoms with Crippen LogP contribution in [0.3, 0.4) is 0 Å². The van der Waals surface area contributed by atoms with Gasteiger partial charge in [0.25, 0.3) is 0 Å². The molecule has 0 saturated heterocycles. The Morgan fingerprint density at radius 1 is 0.882 bits per heavy atom. The van der Waals surface area contributed by atoms with Crippen LogP contribution in [0.2, 0.25) is 15.1 Å². The standard InChI is InChI=1S/C13H9Cl3O/c1-17-13-5-3-9(14)7-10(13)8-2-4-11(15)12(16)6-8/h2-7H,1H3. The molecule has 0 bridgehead atoms. The van der Waals surface area contributed by atoms with Crippen LogP contribution in [-0.4, -0.2) is 7.11 Å². The van der Waals surface area contributed by atoms with Crippen LogP contribution in [-0.2, 0) is 0 Å². The van der Waals surface area contributed by atoms with Crippen molar-refractivity contribution in [2.24, 2.45) is 0 Å². The number of rotatable bonds is 2. The van der Waals surface area contributed by atoms with Gasteiger partial charge in [0.15, 0.2) is 0 Å². The van der Waals surface area contributed by atoms with Crippen molar-refractivity contribution in [2.45, 2.75) is 0 Å². The molecule has 0 spiro atoms. The SMILES string of the molecule is COc1ccc(Cl)cc1-c1ccc(Cl)c(Cl)c1. The smallest absolute Gasteiger partial charge is 0.126 e. The lowest BCUT2D eigenvalue weighted by Crippen LogP contribution is -1.88. The Hall–Kier alpha value is -0.890. The minimum atomic E-state index is 0.506. The van der Waals surface area contributed by atoms with Gasteiger partial charge in [-0.3, -0.25) is 0 Å². The number of halogens is 3. The number of methoxy groups -OCH3 is 1. The second-order valence-electron chi connectivity index (χ2n) is 3.47. The summed E-state index contributed by atoms with van der Waals surface area (Å²) in [7, 11) is 1.62. The average Bonchev–Trinajstić information content (AvgIpc) is 2.32. The lowest BCUT2D eigenvalue weighted by Gasteiger charge is -2.09. The summed E-state index contributed by atoms with van der Waals surface area (Å²) >= 11 is 17.9. The minimum Gasteiger partial charge on any atom is -0.496 e. The average molecular weight is 288 g/mol. The molecule has 0 aromatic heterocycles. The Morgan fingerprint density at radius 2 is 1.65 bits per heavy atom. The Morgan fingerprint density at radius 3 is 2.29 bits per heavy atom. The van der Waals surface area contributed by atoms with E-state index < -0.39 is 0 Å². The Balaban J connectivity index is 2.58. The van der Waals surface area contributed by atoms with E-state index in [1.807, 2.05) is 18.2 Å². The van der Waals surface area contributed by atoms with E-state index >= 15 is 0 Å². The van der Waals surface area contributed by atoms with Crippen LogP contribution in [0, 0.1) is 0 Å². The summed E-state index contributed by atoms with van der Waals surface area (Å²) in [6.45, 7) is 0. The summed E-state index contributed by atoms with van der Waals surface area (Å²) in [5, 5.41) is 1.68. The third kappa shape index (κ3) is 2.68. The van der Waals surface area contributed by atoms with Crippen LogP contribution in [0.25, 0.3) is 11.1 Å². The molecule has 0 saturated carbocycles. The molecular formula is C13H9Cl3O. The molecule has 4 heteroatoms. The molecule has 0 radical (unpaired) electrons. The van der Waals surface area contributed by atoms with Gasteiger partial charge in [-0.1, -0.05) is 40.9 Å². The fraction of sp³-hybridized carbons (Fsp3) is 0.0769. The number of hydrogen-bond acceptors (Lipinski definition) is 1. The molecule has 0 aliphatic heterocycles. The normalized spacial score (nSPS) is 10.4. The molecule has 2 rings (SSSR count). The van der Waals surface area contributed by atoms with Crippen LogP contribution in [0.5, 0.6) is 5.75 Å². The van der Waals surface area contributed by atoms with E-state index in [1.165, 1.54) is 0 Å². The van der Waals surface area contributed by atoms with Gasteiger partial charge in [0.05, 0.1) is 17.2 Å². The number of hydrogen-bond donors (Lipinski definition) is 0. The zero-order valence-electron chi connectivity index (χ0n) is 9.01. The number of ether oxygens (including phenoxy) is 1. The maximum Gasteiger partial charge on any atom is 0.126 e. The van der Waals surface area contributed by atoms with Gasteiger partial charge in [0, 0.05) is 10.6 Å². The first kappa shape index (κ1) is 12.6. The summed E-state index contributed by atoms with van der Waals surface area (Å²) in [6, 6.07) is 10.8. The molecule has 1 nitrogen and oxygen atoms in total. The van der Waals surface area contributed by atoms with E-state index in [4.69, 9.17) is 39.5 Å². The van der Waals surface area contributed by atoms with E-state index in [-0.39, 0.29) is 0 Å². The number of benzene rings is 2. The second-order valence-corrected chi connectivity index (χ2v) is 4.72. The van der Waals surface area contributed by atoms with Crippen molar-refractivity contribution in [3.05, 3.63) is 51.5 Å². The predicted octanol–water partition coefficient (Wildman–Crippen LogP) is 5.32. The molecule has 0 unspecified atom stereocenters. The molecule has 0 fully saturated rings. The van der Waals surface area contributed by atoms with E-state index in [0.29, 0.717) is 15.1 Å². The molecule has 0 amide bonds. The van der Waals surface area contributed by atoms with Gasteiger partial charge in [-0.2, -0.15) is 0 Å². The van der Waals surface area contributed by atoms with Gasteiger partial charge in [-0.05, 0) is 35.9 Å². The molecule has 2 aromatic rings. The third-order valence-electron chi connectivity index (χ3n) is 2.39. The highest BCUT2D eigenvalue weighted by Crippen LogP contribution is 2.35.